The molecule has 0 saturated heterocycles. The van der Waals surface area contributed by atoms with Crippen LogP contribution in [0.3, 0.4) is 0 Å². The summed E-state index contributed by atoms with van der Waals surface area (Å²) in [4.78, 5) is 8.98. The van der Waals surface area contributed by atoms with E-state index in [-0.39, 0.29) is 0 Å². The van der Waals surface area contributed by atoms with Crippen LogP contribution in [0.1, 0.15) is 50.4 Å². The van der Waals surface area contributed by atoms with E-state index >= 15 is 0 Å². The highest BCUT2D eigenvalue weighted by Crippen LogP contribution is 2.31. The van der Waals surface area contributed by atoms with Crippen molar-refractivity contribution < 1.29 is 0 Å². The van der Waals surface area contributed by atoms with Crippen LogP contribution in [0, 0.1) is 6.92 Å². The lowest BCUT2D eigenvalue weighted by Gasteiger charge is -2.17. The van der Waals surface area contributed by atoms with Gasteiger partial charge in [-0.05, 0) is 32.4 Å². The smallest absolute Gasteiger partial charge is 0.137 e. The Hall–Kier alpha value is -0.480. The predicted octanol–water partition coefficient (Wildman–Crippen LogP) is 4.26. The lowest BCUT2D eigenvalue weighted by Crippen LogP contribution is -2.19. The molecule has 0 amide bonds. The first-order valence-electron chi connectivity index (χ1n) is 6.84. The van der Waals surface area contributed by atoms with Gasteiger partial charge in [0.1, 0.15) is 16.8 Å². The van der Waals surface area contributed by atoms with Gasteiger partial charge in [-0.15, -0.1) is 0 Å². The van der Waals surface area contributed by atoms with Crippen molar-refractivity contribution in [3.05, 3.63) is 16.5 Å². The molecule has 1 heterocycles. The summed E-state index contributed by atoms with van der Waals surface area (Å²) in [5, 5.41) is 4.91. The number of hydrogen-bond acceptors (Lipinski definition) is 4. The van der Waals surface area contributed by atoms with E-state index in [0.717, 1.165) is 22.5 Å². The molecule has 0 spiro atoms. The molecule has 3 nitrogen and oxygen atoms in total. The summed E-state index contributed by atoms with van der Waals surface area (Å²) in [7, 11) is 0. The number of aromatic nitrogens is 2. The predicted molar refractivity (Wildman–Crippen MR) is 84.4 cm³/mol. The highest BCUT2D eigenvalue weighted by atomic mass is 35.5. The van der Waals surface area contributed by atoms with Crippen molar-refractivity contribution in [3.8, 4) is 0 Å². The number of rotatable bonds is 4. The Morgan fingerprint density at radius 3 is 2.63 bits per heavy atom. The van der Waals surface area contributed by atoms with Crippen LogP contribution in [0.4, 0.5) is 5.82 Å². The van der Waals surface area contributed by atoms with Crippen LogP contribution >= 0.6 is 23.4 Å². The van der Waals surface area contributed by atoms with Crippen LogP contribution in [-0.2, 0) is 0 Å². The number of nitrogens with zero attached hydrogens (tertiary/aromatic N) is 2. The average molecular weight is 300 g/mol. The van der Waals surface area contributed by atoms with Crippen LogP contribution in [0.25, 0.3) is 0 Å². The third-order valence-corrected chi connectivity index (χ3v) is 5.14. The Labute approximate surface area is 124 Å². The molecule has 2 rings (SSSR count). The standard InChI is InChI=1S/C14H22ClN3S/c1-8(2)13-17-12(15)9(3)14(18-13)16-10-5-6-11(7-10)19-4/h8,10-11H,5-7H2,1-4H3,(H,16,17,18). The maximum absolute atomic E-state index is 6.21. The Kier molecular flexibility index (Phi) is 4.96. The van der Waals surface area contributed by atoms with Gasteiger partial charge in [-0.1, -0.05) is 25.4 Å². The maximum atomic E-state index is 6.21. The molecule has 0 bridgehead atoms. The maximum Gasteiger partial charge on any atom is 0.137 e. The average Bonchev–Trinajstić information content (AvgIpc) is 2.82. The van der Waals surface area contributed by atoms with Crippen LogP contribution in [0.5, 0.6) is 0 Å². The zero-order valence-electron chi connectivity index (χ0n) is 12.0. The second kappa shape index (κ2) is 6.31. The molecule has 1 aliphatic carbocycles. The Morgan fingerprint density at radius 2 is 2.05 bits per heavy atom. The topological polar surface area (TPSA) is 37.8 Å². The van der Waals surface area contributed by atoms with Crippen LogP contribution < -0.4 is 5.32 Å². The molecular formula is C14H22ClN3S. The minimum atomic E-state index is 0.293. The molecule has 0 radical (unpaired) electrons. The number of halogens is 1. The van der Waals surface area contributed by atoms with Crippen molar-refractivity contribution in [2.24, 2.45) is 0 Å². The third-order valence-electron chi connectivity index (χ3n) is 3.68. The minimum Gasteiger partial charge on any atom is -0.367 e. The summed E-state index contributed by atoms with van der Waals surface area (Å²) >= 11 is 8.17. The highest BCUT2D eigenvalue weighted by Gasteiger charge is 2.25. The van der Waals surface area contributed by atoms with Crippen molar-refractivity contribution in [1.29, 1.82) is 0 Å². The number of hydrogen-bond donors (Lipinski definition) is 1. The van der Waals surface area contributed by atoms with Gasteiger partial charge in [0.2, 0.25) is 0 Å². The van der Waals surface area contributed by atoms with Crippen LogP contribution in [-0.4, -0.2) is 27.5 Å². The molecule has 5 heteroatoms. The zero-order valence-corrected chi connectivity index (χ0v) is 13.6. The van der Waals surface area contributed by atoms with E-state index in [9.17, 15) is 0 Å². The van der Waals surface area contributed by atoms with Crippen molar-refractivity contribution in [3.63, 3.8) is 0 Å². The second-order valence-electron chi connectivity index (χ2n) is 5.51. The Balaban J connectivity index is 2.15. The van der Waals surface area contributed by atoms with Crippen molar-refractivity contribution in [2.75, 3.05) is 11.6 Å². The van der Waals surface area contributed by atoms with E-state index in [1.54, 1.807) is 0 Å². The summed E-state index contributed by atoms with van der Waals surface area (Å²) in [5.74, 6) is 2.02. The third kappa shape index (κ3) is 3.54. The van der Waals surface area contributed by atoms with Gasteiger partial charge in [0, 0.05) is 22.8 Å². The first-order valence-corrected chi connectivity index (χ1v) is 8.51. The molecule has 1 N–H and O–H groups in total. The van der Waals surface area contributed by atoms with E-state index in [2.05, 4.69) is 35.4 Å². The molecule has 2 unspecified atom stereocenters. The van der Waals surface area contributed by atoms with E-state index < -0.39 is 0 Å². The number of thioether (sulfide) groups is 1. The van der Waals surface area contributed by atoms with Crippen molar-refractivity contribution >= 4 is 29.2 Å². The molecule has 1 saturated carbocycles. The Morgan fingerprint density at radius 1 is 1.32 bits per heavy atom. The normalized spacial score (nSPS) is 23.1. The van der Waals surface area contributed by atoms with Gasteiger partial charge in [0.25, 0.3) is 0 Å². The molecule has 2 atom stereocenters. The van der Waals surface area contributed by atoms with Gasteiger partial charge in [-0.2, -0.15) is 11.8 Å². The monoisotopic (exact) mass is 299 g/mol. The summed E-state index contributed by atoms with van der Waals surface area (Å²) in [6.07, 6.45) is 5.90. The first-order chi connectivity index (χ1) is 9.01. The van der Waals surface area contributed by atoms with Gasteiger partial charge < -0.3 is 5.32 Å². The first kappa shape index (κ1) is 14.9. The molecule has 0 aliphatic heterocycles. The lowest BCUT2D eigenvalue weighted by atomic mass is 10.2. The van der Waals surface area contributed by atoms with Crippen LogP contribution in [0.15, 0.2) is 0 Å². The van der Waals surface area contributed by atoms with Crippen molar-refractivity contribution in [1.82, 2.24) is 9.97 Å². The highest BCUT2D eigenvalue weighted by molar-refractivity contribution is 7.99. The zero-order chi connectivity index (χ0) is 14.0. The fraction of sp³-hybridized carbons (Fsp3) is 0.714. The van der Waals surface area contributed by atoms with Crippen LogP contribution in [0.2, 0.25) is 5.15 Å². The molecule has 1 aliphatic rings. The van der Waals surface area contributed by atoms with Crippen molar-refractivity contribution in [2.45, 2.75) is 57.2 Å². The van der Waals surface area contributed by atoms with Gasteiger partial charge in [0.15, 0.2) is 0 Å². The van der Waals surface area contributed by atoms with E-state index in [4.69, 9.17) is 11.6 Å². The lowest BCUT2D eigenvalue weighted by molar-refractivity contribution is 0.733. The largest absolute Gasteiger partial charge is 0.367 e. The van der Waals surface area contributed by atoms with E-state index in [1.807, 2.05) is 18.7 Å². The quantitative estimate of drug-likeness (QED) is 0.843. The van der Waals surface area contributed by atoms with Gasteiger partial charge in [0.05, 0.1) is 0 Å². The summed E-state index contributed by atoms with van der Waals surface area (Å²) < 4.78 is 0. The molecule has 1 fully saturated rings. The summed E-state index contributed by atoms with van der Waals surface area (Å²) in [5.41, 5.74) is 0.957. The molecule has 0 aromatic carbocycles. The van der Waals surface area contributed by atoms with E-state index in [1.165, 1.54) is 19.3 Å². The summed E-state index contributed by atoms with van der Waals surface area (Å²) in [6.45, 7) is 6.16. The number of anilines is 1. The fourth-order valence-corrected chi connectivity index (χ4v) is 3.36. The fourth-order valence-electron chi connectivity index (χ4n) is 2.38. The molecule has 106 valence electrons. The SMILES string of the molecule is CSC1CCC(Nc2nc(C(C)C)nc(Cl)c2C)C1. The summed E-state index contributed by atoms with van der Waals surface area (Å²) in [6, 6.07) is 0.516. The number of nitrogens with one attached hydrogen (secondary N) is 1. The molecule has 1 aromatic heterocycles. The van der Waals surface area contributed by atoms with Gasteiger partial charge >= 0.3 is 0 Å². The van der Waals surface area contributed by atoms with Gasteiger partial charge in [-0.3, -0.25) is 0 Å². The molecule has 1 aromatic rings. The molecular weight excluding hydrogens is 278 g/mol. The minimum absolute atomic E-state index is 0.293. The second-order valence-corrected chi connectivity index (χ2v) is 7.01. The Bertz CT molecular complexity index is 451. The van der Waals surface area contributed by atoms with E-state index in [0.29, 0.717) is 17.1 Å². The molecule has 19 heavy (non-hydrogen) atoms. The van der Waals surface area contributed by atoms with Gasteiger partial charge in [-0.25, -0.2) is 9.97 Å².